The summed E-state index contributed by atoms with van der Waals surface area (Å²) in [5.74, 6) is 0.821. The summed E-state index contributed by atoms with van der Waals surface area (Å²) in [7, 11) is 0. The van der Waals surface area contributed by atoms with Gasteiger partial charge in [-0.3, -0.25) is 4.79 Å². The van der Waals surface area contributed by atoms with E-state index in [0.717, 1.165) is 18.6 Å². The van der Waals surface area contributed by atoms with Crippen LogP contribution in [0.2, 0.25) is 0 Å². The molecule has 1 fully saturated rings. The van der Waals surface area contributed by atoms with Gasteiger partial charge in [0.15, 0.2) is 5.78 Å². The van der Waals surface area contributed by atoms with Gasteiger partial charge in [0.1, 0.15) is 5.75 Å². The van der Waals surface area contributed by atoms with Crippen LogP contribution in [0.3, 0.4) is 0 Å². The van der Waals surface area contributed by atoms with Gasteiger partial charge in [-0.25, -0.2) is 0 Å². The van der Waals surface area contributed by atoms with Gasteiger partial charge in [0.25, 0.3) is 0 Å². The monoisotopic (exact) mass is 234 g/mol. The van der Waals surface area contributed by atoms with E-state index in [1.165, 1.54) is 0 Å². The van der Waals surface area contributed by atoms with Crippen molar-refractivity contribution in [2.24, 2.45) is 5.41 Å². The van der Waals surface area contributed by atoms with Gasteiger partial charge in [-0.1, -0.05) is 0 Å². The molecule has 0 heterocycles. The first kappa shape index (κ1) is 12.1. The third-order valence-electron chi connectivity index (χ3n) is 3.13. The summed E-state index contributed by atoms with van der Waals surface area (Å²) in [4.78, 5) is 12.1. The molecule has 2 rings (SSSR count). The number of aliphatic hydroxyl groups excluding tert-OH is 1. The van der Waals surface area contributed by atoms with Gasteiger partial charge in [-0.2, -0.15) is 0 Å². The Labute approximate surface area is 101 Å². The Balaban J connectivity index is 2.10. The standard InChI is InChI=1S/C14H18O3/c1-10(2)17-12-5-3-11(4-6-12)13(16)14(9-15)7-8-14/h3-6,10,15H,7-9H2,1-2H3. The van der Waals surface area contributed by atoms with Crippen molar-refractivity contribution in [1.29, 1.82) is 0 Å². The molecule has 0 spiro atoms. The van der Waals surface area contributed by atoms with Crippen LogP contribution in [0.15, 0.2) is 24.3 Å². The van der Waals surface area contributed by atoms with Crippen LogP contribution >= 0.6 is 0 Å². The fraction of sp³-hybridized carbons (Fsp3) is 0.500. The lowest BCUT2D eigenvalue weighted by Gasteiger charge is -2.12. The Morgan fingerprint density at radius 1 is 1.35 bits per heavy atom. The van der Waals surface area contributed by atoms with E-state index in [0.29, 0.717) is 5.56 Å². The fourth-order valence-electron chi connectivity index (χ4n) is 1.87. The number of ether oxygens (including phenoxy) is 1. The van der Waals surface area contributed by atoms with Crippen molar-refractivity contribution in [2.45, 2.75) is 32.8 Å². The molecule has 1 aromatic carbocycles. The molecule has 17 heavy (non-hydrogen) atoms. The highest BCUT2D eigenvalue weighted by molar-refractivity contribution is 6.02. The van der Waals surface area contributed by atoms with Gasteiger partial charge in [-0.05, 0) is 51.0 Å². The summed E-state index contributed by atoms with van der Waals surface area (Å²) in [6.45, 7) is 3.88. The first-order chi connectivity index (χ1) is 8.07. The van der Waals surface area contributed by atoms with E-state index in [9.17, 15) is 9.90 Å². The quantitative estimate of drug-likeness (QED) is 0.796. The molecule has 1 saturated carbocycles. The zero-order valence-corrected chi connectivity index (χ0v) is 10.3. The lowest BCUT2D eigenvalue weighted by Crippen LogP contribution is -2.20. The second-order valence-corrected chi connectivity index (χ2v) is 4.96. The van der Waals surface area contributed by atoms with Crippen LogP contribution < -0.4 is 4.74 Å². The van der Waals surface area contributed by atoms with Gasteiger partial charge < -0.3 is 9.84 Å². The maximum Gasteiger partial charge on any atom is 0.171 e. The van der Waals surface area contributed by atoms with Gasteiger partial charge in [-0.15, -0.1) is 0 Å². The van der Waals surface area contributed by atoms with Crippen molar-refractivity contribution in [3.05, 3.63) is 29.8 Å². The van der Waals surface area contributed by atoms with Crippen molar-refractivity contribution < 1.29 is 14.6 Å². The molecule has 1 N–H and O–H groups in total. The van der Waals surface area contributed by atoms with E-state index in [1.807, 2.05) is 13.8 Å². The smallest absolute Gasteiger partial charge is 0.171 e. The average Bonchev–Trinajstić information content (AvgIpc) is 3.09. The minimum Gasteiger partial charge on any atom is -0.491 e. The van der Waals surface area contributed by atoms with Crippen molar-refractivity contribution in [2.75, 3.05) is 6.61 Å². The van der Waals surface area contributed by atoms with Crippen LogP contribution in [0.25, 0.3) is 0 Å². The number of carbonyl (C=O) groups is 1. The first-order valence-corrected chi connectivity index (χ1v) is 6.00. The highest BCUT2D eigenvalue weighted by Crippen LogP contribution is 2.47. The Morgan fingerprint density at radius 3 is 2.35 bits per heavy atom. The molecular weight excluding hydrogens is 216 g/mol. The van der Waals surface area contributed by atoms with Crippen LogP contribution in [0, 0.1) is 5.41 Å². The van der Waals surface area contributed by atoms with Gasteiger partial charge >= 0.3 is 0 Å². The zero-order valence-electron chi connectivity index (χ0n) is 10.3. The van der Waals surface area contributed by atoms with Crippen LogP contribution in [-0.2, 0) is 0 Å². The lowest BCUT2D eigenvalue weighted by molar-refractivity contribution is 0.0829. The second-order valence-electron chi connectivity index (χ2n) is 4.96. The average molecular weight is 234 g/mol. The predicted octanol–water partition coefficient (Wildman–Crippen LogP) is 2.43. The van der Waals surface area contributed by atoms with Gasteiger partial charge in [0.2, 0.25) is 0 Å². The number of hydrogen-bond acceptors (Lipinski definition) is 3. The van der Waals surface area contributed by atoms with Crippen LogP contribution in [0.4, 0.5) is 0 Å². The molecular formula is C14H18O3. The first-order valence-electron chi connectivity index (χ1n) is 6.00. The van der Waals surface area contributed by atoms with E-state index in [2.05, 4.69) is 0 Å². The summed E-state index contributed by atoms with van der Waals surface area (Å²) < 4.78 is 5.52. The number of aliphatic hydroxyl groups is 1. The molecule has 0 aliphatic heterocycles. The van der Waals surface area contributed by atoms with Crippen molar-refractivity contribution in [3.8, 4) is 5.75 Å². The van der Waals surface area contributed by atoms with E-state index in [1.54, 1.807) is 24.3 Å². The van der Waals surface area contributed by atoms with Gasteiger partial charge in [0, 0.05) is 5.56 Å². The Bertz CT molecular complexity index is 402. The molecule has 0 unspecified atom stereocenters. The normalized spacial score (nSPS) is 16.9. The van der Waals surface area contributed by atoms with Crippen LogP contribution in [-0.4, -0.2) is 23.6 Å². The minimum atomic E-state index is -0.486. The number of benzene rings is 1. The second kappa shape index (κ2) is 4.49. The minimum absolute atomic E-state index is 0.0456. The summed E-state index contributed by atoms with van der Waals surface area (Å²) >= 11 is 0. The Hall–Kier alpha value is -1.35. The summed E-state index contributed by atoms with van der Waals surface area (Å²) in [6.07, 6.45) is 1.72. The van der Waals surface area contributed by atoms with E-state index in [4.69, 9.17) is 4.74 Å². The third-order valence-corrected chi connectivity index (χ3v) is 3.13. The maximum atomic E-state index is 12.1. The van der Waals surface area contributed by atoms with Crippen molar-refractivity contribution >= 4 is 5.78 Å². The largest absolute Gasteiger partial charge is 0.491 e. The summed E-state index contributed by atoms with van der Waals surface area (Å²) in [5.41, 5.74) is 0.174. The molecule has 1 aliphatic carbocycles. The third kappa shape index (κ3) is 2.50. The van der Waals surface area contributed by atoms with E-state index >= 15 is 0 Å². The predicted molar refractivity (Wildman–Crippen MR) is 65.3 cm³/mol. The Kier molecular flexibility index (Phi) is 3.20. The van der Waals surface area contributed by atoms with Crippen LogP contribution in [0.5, 0.6) is 5.75 Å². The van der Waals surface area contributed by atoms with E-state index < -0.39 is 5.41 Å². The molecule has 1 aromatic rings. The van der Waals surface area contributed by atoms with E-state index in [-0.39, 0.29) is 18.5 Å². The topological polar surface area (TPSA) is 46.5 Å². The number of carbonyl (C=O) groups excluding carboxylic acids is 1. The molecule has 0 atom stereocenters. The number of hydrogen-bond donors (Lipinski definition) is 1. The summed E-state index contributed by atoms with van der Waals surface area (Å²) in [6, 6.07) is 7.16. The molecule has 0 amide bonds. The SMILES string of the molecule is CC(C)Oc1ccc(C(=O)C2(CO)CC2)cc1. The fourth-order valence-corrected chi connectivity index (χ4v) is 1.87. The molecule has 0 bridgehead atoms. The number of rotatable bonds is 5. The number of ketones is 1. The molecule has 3 heteroatoms. The molecule has 1 aliphatic rings. The molecule has 0 saturated heterocycles. The summed E-state index contributed by atoms with van der Waals surface area (Å²) in [5, 5.41) is 9.22. The number of Topliss-reactive ketones (excluding diaryl/α,β-unsaturated/α-hetero) is 1. The van der Waals surface area contributed by atoms with Crippen molar-refractivity contribution in [1.82, 2.24) is 0 Å². The molecule has 0 radical (unpaired) electrons. The van der Waals surface area contributed by atoms with Crippen LogP contribution in [0.1, 0.15) is 37.0 Å². The molecule has 92 valence electrons. The molecule has 3 nitrogen and oxygen atoms in total. The highest BCUT2D eigenvalue weighted by Gasteiger charge is 2.49. The lowest BCUT2D eigenvalue weighted by atomic mass is 9.95. The Morgan fingerprint density at radius 2 is 1.94 bits per heavy atom. The van der Waals surface area contributed by atoms with Gasteiger partial charge in [0.05, 0.1) is 18.1 Å². The molecule has 0 aromatic heterocycles. The zero-order chi connectivity index (χ0) is 12.5. The van der Waals surface area contributed by atoms with Crippen molar-refractivity contribution in [3.63, 3.8) is 0 Å². The highest BCUT2D eigenvalue weighted by atomic mass is 16.5. The maximum absolute atomic E-state index is 12.1.